The maximum absolute atomic E-state index is 11.2. The zero-order valence-corrected chi connectivity index (χ0v) is 7.97. The van der Waals surface area contributed by atoms with Crippen LogP contribution in [0.4, 0.5) is 5.69 Å². The van der Waals surface area contributed by atoms with E-state index in [1.165, 1.54) is 6.08 Å². The molecule has 1 aromatic heterocycles. The molecule has 1 rings (SSSR count). The van der Waals surface area contributed by atoms with Gasteiger partial charge in [0.1, 0.15) is 0 Å². The number of amides is 1. The van der Waals surface area contributed by atoms with Crippen molar-refractivity contribution in [2.75, 3.05) is 5.32 Å². The fourth-order valence-electron chi connectivity index (χ4n) is 0.875. The van der Waals surface area contributed by atoms with E-state index in [1.807, 2.05) is 13.0 Å². The fraction of sp³-hybridized carbons (Fsp3) is 0.0909. The Hall–Kier alpha value is -1.90. The Morgan fingerprint density at radius 3 is 3.00 bits per heavy atom. The monoisotopic (exact) mass is 188 g/mol. The van der Waals surface area contributed by atoms with E-state index in [9.17, 15) is 4.79 Å². The molecule has 0 unspecified atom stereocenters. The van der Waals surface area contributed by atoms with E-state index in [2.05, 4.69) is 10.3 Å². The molecule has 0 spiro atoms. The summed E-state index contributed by atoms with van der Waals surface area (Å²) in [7, 11) is 0. The number of aromatic nitrogens is 1. The Kier molecular flexibility index (Phi) is 4.14. The summed E-state index contributed by atoms with van der Waals surface area (Å²) in [5.74, 6) is -0.156. The van der Waals surface area contributed by atoms with Crippen LogP contribution in [-0.4, -0.2) is 10.9 Å². The summed E-state index contributed by atoms with van der Waals surface area (Å²) in [6, 6.07) is 3.56. The first-order valence-electron chi connectivity index (χ1n) is 4.33. The maximum atomic E-state index is 11.2. The van der Waals surface area contributed by atoms with Gasteiger partial charge in [0.2, 0.25) is 5.91 Å². The molecule has 0 aliphatic heterocycles. The molecule has 3 nitrogen and oxygen atoms in total. The number of hydrogen-bond acceptors (Lipinski definition) is 2. The van der Waals surface area contributed by atoms with Crippen molar-refractivity contribution < 1.29 is 4.79 Å². The van der Waals surface area contributed by atoms with Crippen LogP contribution < -0.4 is 5.32 Å². The lowest BCUT2D eigenvalue weighted by Crippen LogP contribution is -2.07. The van der Waals surface area contributed by atoms with Crippen LogP contribution in [0.2, 0.25) is 0 Å². The van der Waals surface area contributed by atoms with Crippen LogP contribution >= 0.6 is 0 Å². The van der Waals surface area contributed by atoms with Crippen LogP contribution in [0.15, 0.2) is 48.8 Å². The Labute approximate surface area is 83.2 Å². The highest BCUT2D eigenvalue weighted by Gasteiger charge is 1.94. The normalized spacial score (nSPS) is 10.9. The molecule has 0 atom stereocenters. The van der Waals surface area contributed by atoms with Crippen LogP contribution in [0.1, 0.15) is 6.92 Å². The van der Waals surface area contributed by atoms with Crippen LogP contribution in [0, 0.1) is 0 Å². The zero-order valence-electron chi connectivity index (χ0n) is 7.97. The second-order valence-corrected chi connectivity index (χ2v) is 2.62. The van der Waals surface area contributed by atoms with E-state index >= 15 is 0 Å². The van der Waals surface area contributed by atoms with Crippen molar-refractivity contribution in [1.82, 2.24) is 4.98 Å². The average Bonchev–Trinajstić information content (AvgIpc) is 2.20. The van der Waals surface area contributed by atoms with Gasteiger partial charge in [-0.15, -0.1) is 0 Å². The summed E-state index contributed by atoms with van der Waals surface area (Å²) in [6.45, 7) is 1.89. The van der Waals surface area contributed by atoms with Crippen LogP contribution in [0.3, 0.4) is 0 Å². The summed E-state index contributed by atoms with van der Waals surface area (Å²) >= 11 is 0. The number of anilines is 1. The number of allylic oxidation sites excluding steroid dienone is 3. The standard InChI is InChI=1S/C11H12N2O/c1-2-3-4-7-11(14)13-10-6-5-8-12-9-10/h2-9H,1H3,(H,13,14)/b3-2+,7-4+. The number of nitrogens with one attached hydrogen (secondary N) is 1. The lowest BCUT2D eigenvalue weighted by molar-refractivity contribution is -0.111. The first-order valence-corrected chi connectivity index (χ1v) is 4.33. The SMILES string of the molecule is C/C=C/C=C/C(=O)Nc1cccnc1. The van der Waals surface area contributed by atoms with Gasteiger partial charge in [0, 0.05) is 12.3 Å². The number of hydrogen-bond donors (Lipinski definition) is 1. The van der Waals surface area contributed by atoms with Crippen LogP contribution in [-0.2, 0) is 4.79 Å². The molecule has 3 heteroatoms. The molecule has 0 aliphatic rings. The van der Waals surface area contributed by atoms with Gasteiger partial charge >= 0.3 is 0 Å². The van der Waals surface area contributed by atoms with E-state index in [4.69, 9.17) is 0 Å². The molecule has 0 saturated heterocycles. The number of carbonyl (C=O) groups excluding carboxylic acids is 1. The van der Waals surface area contributed by atoms with Gasteiger partial charge in [-0.2, -0.15) is 0 Å². The smallest absolute Gasteiger partial charge is 0.248 e. The zero-order chi connectivity index (χ0) is 10.2. The molecule has 72 valence electrons. The van der Waals surface area contributed by atoms with Gasteiger partial charge in [0.15, 0.2) is 0 Å². The second kappa shape index (κ2) is 5.70. The first-order chi connectivity index (χ1) is 6.83. The van der Waals surface area contributed by atoms with Crippen molar-refractivity contribution in [2.24, 2.45) is 0 Å². The minimum absolute atomic E-state index is 0.156. The van der Waals surface area contributed by atoms with Crippen molar-refractivity contribution in [1.29, 1.82) is 0 Å². The molecule has 0 aliphatic carbocycles. The third-order valence-electron chi connectivity index (χ3n) is 1.48. The van der Waals surface area contributed by atoms with Crippen molar-refractivity contribution in [3.05, 3.63) is 48.8 Å². The van der Waals surface area contributed by atoms with E-state index in [0.29, 0.717) is 5.69 Å². The van der Waals surface area contributed by atoms with Crippen molar-refractivity contribution >= 4 is 11.6 Å². The van der Waals surface area contributed by atoms with Crippen LogP contribution in [0.25, 0.3) is 0 Å². The van der Waals surface area contributed by atoms with Gasteiger partial charge in [-0.1, -0.05) is 18.2 Å². The summed E-state index contributed by atoms with van der Waals surface area (Å²) in [5.41, 5.74) is 0.697. The predicted molar refractivity (Wildman–Crippen MR) is 56.8 cm³/mol. The highest BCUT2D eigenvalue weighted by atomic mass is 16.1. The van der Waals surface area contributed by atoms with Gasteiger partial charge < -0.3 is 5.32 Å². The van der Waals surface area contributed by atoms with Crippen molar-refractivity contribution in [2.45, 2.75) is 6.92 Å². The fourth-order valence-corrected chi connectivity index (χ4v) is 0.875. The molecule has 0 aromatic carbocycles. The largest absolute Gasteiger partial charge is 0.321 e. The summed E-state index contributed by atoms with van der Waals surface area (Å²) in [4.78, 5) is 15.1. The average molecular weight is 188 g/mol. The highest BCUT2D eigenvalue weighted by molar-refractivity contribution is 5.99. The quantitative estimate of drug-likeness (QED) is 0.583. The van der Waals surface area contributed by atoms with Crippen molar-refractivity contribution in [3.8, 4) is 0 Å². The second-order valence-electron chi connectivity index (χ2n) is 2.62. The number of carbonyl (C=O) groups is 1. The van der Waals surface area contributed by atoms with Crippen LogP contribution in [0.5, 0.6) is 0 Å². The molecule has 1 N–H and O–H groups in total. The van der Waals surface area contributed by atoms with E-state index in [-0.39, 0.29) is 5.91 Å². The van der Waals surface area contributed by atoms with E-state index in [1.54, 1.807) is 36.7 Å². The Morgan fingerprint density at radius 2 is 2.36 bits per heavy atom. The minimum Gasteiger partial charge on any atom is -0.321 e. The summed E-state index contributed by atoms with van der Waals surface area (Å²) < 4.78 is 0. The van der Waals surface area contributed by atoms with Crippen molar-refractivity contribution in [3.63, 3.8) is 0 Å². The third-order valence-corrected chi connectivity index (χ3v) is 1.48. The molecule has 14 heavy (non-hydrogen) atoms. The maximum Gasteiger partial charge on any atom is 0.248 e. The molecule has 0 bridgehead atoms. The number of rotatable bonds is 3. The highest BCUT2D eigenvalue weighted by Crippen LogP contribution is 2.01. The molecule has 0 saturated carbocycles. The first kappa shape index (κ1) is 10.2. The Balaban J connectivity index is 2.50. The van der Waals surface area contributed by atoms with Gasteiger partial charge in [-0.25, -0.2) is 0 Å². The molecule has 1 heterocycles. The van der Waals surface area contributed by atoms with Gasteiger partial charge in [0.05, 0.1) is 11.9 Å². The minimum atomic E-state index is -0.156. The summed E-state index contributed by atoms with van der Waals surface area (Å²) in [6.07, 6.45) is 10.1. The Morgan fingerprint density at radius 1 is 1.50 bits per heavy atom. The lowest BCUT2D eigenvalue weighted by atomic mass is 10.4. The van der Waals surface area contributed by atoms with Gasteiger partial charge in [0.25, 0.3) is 0 Å². The molecular weight excluding hydrogens is 176 g/mol. The summed E-state index contributed by atoms with van der Waals surface area (Å²) in [5, 5.41) is 2.68. The lowest BCUT2D eigenvalue weighted by Gasteiger charge is -1.98. The molecular formula is C11H12N2O. The molecule has 0 radical (unpaired) electrons. The van der Waals surface area contributed by atoms with Gasteiger partial charge in [-0.3, -0.25) is 9.78 Å². The topological polar surface area (TPSA) is 42.0 Å². The third kappa shape index (κ3) is 3.67. The van der Waals surface area contributed by atoms with E-state index in [0.717, 1.165) is 0 Å². The van der Waals surface area contributed by atoms with Gasteiger partial charge in [-0.05, 0) is 19.1 Å². The molecule has 1 amide bonds. The Bertz CT molecular complexity index is 342. The molecule has 1 aromatic rings. The van der Waals surface area contributed by atoms with E-state index < -0.39 is 0 Å². The number of pyridine rings is 1. The predicted octanol–water partition coefficient (Wildman–Crippen LogP) is 2.15. The number of nitrogens with zero attached hydrogens (tertiary/aromatic N) is 1. The molecule has 0 fully saturated rings.